The van der Waals surface area contributed by atoms with Gasteiger partial charge in [0, 0.05) is 29.1 Å². The van der Waals surface area contributed by atoms with E-state index in [1.165, 1.54) is 11.1 Å². The molecule has 26 heavy (non-hydrogen) atoms. The lowest BCUT2D eigenvalue weighted by Gasteiger charge is -2.23. The molecule has 1 aliphatic rings. The molecule has 0 saturated carbocycles. The summed E-state index contributed by atoms with van der Waals surface area (Å²) in [5.74, 6) is 2.14. The number of H-pyrrole nitrogens is 1. The molecule has 130 valence electrons. The summed E-state index contributed by atoms with van der Waals surface area (Å²) in [6.45, 7) is 3.10. The largest absolute Gasteiger partial charge is 0.399 e. The molecule has 2 aromatic carbocycles. The van der Waals surface area contributed by atoms with E-state index in [1.807, 2.05) is 18.2 Å². The van der Waals surface area contributed by atoms with E-state index in [-0.39, 0.29) is 0 Å². The zero-order chi connectivity index (χ0) is 17.7. The third-order valence-electron chi connectivity index (χ3n) is 5.32. The summed E-state index contributed by atoms with van der Waals surface area (Å²) in [4.78, 5) is 8.35. The number of nitrogen functional groups attached to an aromatic ring is 1. The SMILES string of the molecule is Cc1ccccc1C1CCCn2nc(-c3cc4cc(N)ccc4[nH]3)nc21. The summed E-state index contributed by atoms with van der Waals surface area (Å²) in [5.41, 5.74) is 11.3. The lowest BCUT2D eigenvalue weighted by molar-refractivity contribution is 0.445. The Bertz CT molecular complexity index is 1100. The summed E-state index contributed by atoms with van der Waals surface area (Å²) >= 11 is 0. The number of hydrogen-bond donors (Lipinski definition) is 2. The van der Waals surface area contributed by atoms with Crippen LogP contribution in [0.3, 0.4) is 0 Å². The number of aromatic nitrogens is 4. The van der Waals surface area contributed by atoms with Gasteiger partial charge in [-0.25, -0.2) is 9.67 Å². The van der Waals surface area contributed by atoms with Crippen LogP contribution in [0.25, 0.3) is 22.4 Å². The first-order valence-electron chi connectivity index (χ1n) is 9.08. The molecule has 3 heterocycles. The maximum atomic E-state index is 5.90. The zero-order valence-electron chi connectivity index (χ0n) is 14.7. The molecule has 0 bridgehead atoms. The van der Waals surface area contributed by atoms with Gasteiger partial charge in [-0.1, -0.05) is 24.3 Å². The standard InChI is InChI=1S/C21H21N5/c1-13-5-2-3-6-16(13)17-7-4-10-26-21(17)24-20(25-26)19-12-14-11-15(22)8-9-18(14)23-19/h2-3,5-6,8-9,11-12,17,23H,4,7,10,22H2,1H3. The minimum absolute atomic E-state index is 0.311. The summed E-state index contributed by atoms with van der Waals surface area (Å²) in [5, 5.41) is 5.87. The summed E-state index contributed by atoms with van der Waals surface area (Å²) in [6, 6.07) is 16.6. The van der Waals surface area contributed by atoms with E-state index in [2.05, 4.69) is 46.9 Å². The lowest BCUT2D eigenvalue weighted by atomic mass is 9.88. The molecule has 4 aromatic rings. The minimum atomic E-state index is 0.311. The molecule has 5 nitrogen and oxygen atoms in total. The number of rotatable bonds is 2. The average Bonchev–Trinajstić information content (AvgIpc) is 3.25. The fourth-order valence-electron chi connectivity index (χ4n) is 4.01. The van der Waals surface area contributed by atoms with Crippen molar-refractivity contribution in [3.05, 3.63) is 65.5 Å². The highest BCUT2D eigenvalue weighted by molar-refractivity contribution is 5.87. The van der Waals surface area contributed by atoms with Crippen LogP contribution >= 0.6 is 0 Å². The third-order valence-corrected chi connectivity index (χ3v) is 5.32. The molecule has 0 spiro atoms. The highest BCUT2D eigenvalue weighted by Gasteiger charge is 2.27. The first-order chi connectivity index (χ1) is 12.7. The van der Waals surface area contributed by atoms with Crippen LogP contribution in [-0.4, -0.2) is 19.7 Å². The highest BCUT2D eigenvalue weighted by Crippen LogP contribution is 2.35. The second kappa shape index (κ2) is 5.73. The van der Waals surface area contributed by atoms with Gasteiger partial charge in [0.1, 0.15) is 5.82 Å². The first-order valence-corrected chi connectivity index (χ1v) is 9.08. The van der Waals surface area contributed by atoms with Crippen molar-refractivity contribution < 1.29 is 0 Å². The van der Waals surface area contributed by atoms with Crippen LogP contribution in [0.5, 0.6) is 0 Å². The molecule has 1 aliphatic heterocycles. The van der Waals surface area contributed by atoms with Crippen LogP contribution in [0.1, 0.15) is 35.7 Å². The van der Waals surface area contributed by atoms with Crippen molar-refractivity contribution in [1.29, 1.82) is 0 Å². The van der Waals surface area contributed by atoms with Crippen LogP contribution in [0.15, 0.2) is 48.5 Å². The van der Waals surface area contributed by atoms with E-state index < -0.39 is 0 Å². The molecule has 5 heteroatoms. The number of nitrogens with one attached hydrogen (secondary N) is 1. The van der Waals surface area contributed by atoms with Crippen molar-refractivity contribution in [3.8, 4) is 11.5 Å². The predicted molar refractivity (Wildman–Crippen MR) is 104 cm³/mol. The maximum Gasteiger partial charge on any atom is 0.197 e. The van der Waals surface area contributed by atoms with E-state index in [9.17, 15) is 0 Å². The summed E-state index contributed by atoms with van der Waals surface area (Å²) in [6.07, 6.45) is 2.24. The van der Waals surface area contributed by atoms with Gasteiger partial charge in [0.15, 0.2) is 5.82 Å². The molecule has 0 aliphatic carbocycles. The molecule has 1 atom stereocenters. The Balaban J connectivity index is 1.60. The summed E-state index contributed by atoms with van der Waals surface area (Å²) < 4.78 is 2.08. The van der Waals surface area contributed by atoms with E-state index in [0.717, 1.165) is 53.3 Å². The normalized spacial score (nSPS) is 16.7. The van der Waals surface area contributed by atoms with Gasteiger partial charge in [0.05, 0.1) is 5.69 Å². The van der Waals surface area contributed by atoms with Gasteiger partial charge >= 0.3 is 0 Å². The molecule has 0 saturated heterocycles. The van der Waals surface area contributed by atoms with Gasteiger partial charge in [-0.2, -0.15) is 0 Å². The van der Waals surface area contributed by atoms with Gasteiger partial charge in [0.25, 0.3) is 0 Å². The van der Waals surface area contributed by atoms with Gasteiger partial charge < -0.3 is 10.7 Å². The average molecular weight is 343 g/mol. The quantitative estimate of drug-likeness (QED) is 0.535. The number of nitrogens with two attached hydrogens (primary N) is 1. The Morgan fingerprint density at radius 3 is 2.92 bits per heavy atom. The second-order valence-corrected chi connectivity index (χ2v) is 7.10. The van der Waals surface area contributed by atoms with E-state index in [0.29, 0.717) is 5.92 Å². The Labute approximate surface area is 151 Å². The molecule has 1 unspecified atom stereocenters. The van der Waals surface area contributed by atoms with Crippen molar-refractivity contribution >= 4 is 16.6 Å². The highest BCUT2D eigenvalue weighted by atomic mass is 15.4. The molecular weight excluding hydrogens is 322 g/mol. The number of benzene rings is 2. The number of aryl methyl sites for hydroxylation is 2. The number of hydrogen-bond acceptors (Lipinski definition) is 3. The van der Waals surface area contributed by atoms with Gasteiger partial charge in [0.2, 0.25) is 0 Å². The first kappa shape index (κ1) is 15.2. The fraction of sp³-hybridized carbons (Fsp3) is 0.238. The number of anilines is 1. The molecule has 3 N–H and O–H groups in total. The van der Waals surface area contributed by atoms with E-state index in [4.69, 9.17) is 15.8 Å². The van der Waals surface area contributed by atoms with Crippen LogP contribution in [0, 0.1) is 6.92 Å². The monoisotopic (exact) mass is 343 g/mol. The Morgan fingerprint density at radius 1 is 1.15 bits per heavy atom. The van der Waals surface area contributed by atoms with Gasteiger partial charge in [-0.05, 0) is 55.2 Å². The van der Waals surface area contributed by atoms with E-state index >= 15 is 0 Å². The summed E-state index contributed by atoms with van der Waals surface area (Å²) in [7, 11) is 0. The van der Waals surface area contributed by atoms with E-state index in [1.54, 1.807) is 0 Å². The van der Waals surface area contributed by atoms with Crippen molar-refractivity contribution in [2.75, 3.05) is 5.73 Å². The smallest absolute Gasteiger partial charge is 0.197 e. The molecule has 0 radical (unpaired) electrons. The Hall–Kier alpha value is -3.08. The van der Waals surface area contributed by atoms with Crippen LogP contribution < -0.4 is 5.73 Å². The van der Waals surface area contributed by atoms with Gasteiger partial charge in [-0.3, -0.25) is 0 Å². The molecule has 0 amide bonds. The lowest BCUT2D eigenvalue weighted by Crippen LogP contribution is -2.18. The second-order valence-electron chi connectivity index (χ2n) is 7.10. The minimum Gasteiger partial charge on any atom is -0.399 e. The maximum absolute atomic E-state index is 5.90. The van der Waals surface area contributed by atoms with Crippen LogP contribution in [0.4, 0.5) is 5.69 Å². The topological polar surface area (TPSA) is 72.5 Å². The van der Waals surface area contributed by atoms with Crippen molar-refractivity contribution in [2.45, 2.75) is 32.2 Å². The molecule has 2 aromatic heterocycles. The van der Waals surface area contributed by atoms with Crippen molar-refractivity contribution in [3.63, 3.8) is 0 Å². The third kappa shape index (κ3) is 2.39. The van der Waals surface area contributed by atoms with Crippen molar-refractivity contribution in [2.24, 2.45) is 0 Å². The molecule has 0 fully saturated rings. The predicted octanol–water partition coefficient (Wildman–Crippen LogP) is 4.24. The van der Waals surface area contributed by atoms with Crippen LogP contribution in [0.2, 0.25) is 0 Å². The van der Waals surface area contributed by atoms with Crippen molar-refractivity contribution in [1.82, 2.24) is 19.7 Å². The number of nitrogens with zero attached hydrogens (tertiary/aromatic N) is 3. The Kier molecular flexibility index (Phi) is 3.35. The number of fused-ring (bicyclic) bond motifs is 2. The van der Waals surface area contributed by atoms with Crippen LogP contribution in [-0.2, 0) is 6.54 Å². The van der Waals surface area contributed by atoms with Gasteiger partial charge in [-0.15, -0.1) is 5.10 Å². The zero-order valence-corrected chi connectivity index (χ0v) is 14.7. The number of aromatic amines is 1. The fourth-order valence-corrected chi connectivity index (χ4v) is 4.01. The Morgan fingerprint density at radius 2 is 2.04 bits per heavy atom. The molecular formula is C21H21N5. The molecule has 5 rings (SSSR count).